The Balaban J connectivity index is 1.34. The van der Waals surface area contributed by atoms with E-state index in [1.807, 2.05) is 6.07 Å². The summed E-state index contributed by atoms with van der Waals surface area (Å²) in [6.07, 6.45) is 3.92. The van der Waals surface area contributed by atoms with Crippen molar-refractivity contribution in [3.8, 4) is 0 Å². The number of ether oxygens (including phenoxy) is 1. The third-order valence-electron chi connectivity index (χ3n) is 7.79. The smallest absolute Gasteiger partial charge is 0.407 e. The van der Waals surface area contributed by atoms with Gasteiger partial charge in [-0.1, -0.05) is 32.9 Å². The SMILES string of the molecule is CC(C)(C)OC(=O)NC[C@@H](NC(=O)c1cc2cc3c(nc2s1)CC[C@@H](C(C)(C)C)C3)c1ccc(NC(=O)c2ccco2)cc1. The highest BCUT2D eigenvalue weighted by Gasteiger charge is 2.30. The van der Waals surface area contributed by atoms with Crippen LogP contribution in [-0.4, -0.2) is 35.0 Å². The van der Waals surface area contributed by atoms with E-state index < -0.39 is 17.7 Å². The number of hydrogen-bond donors (Lipinski definition) is 3. The molecule has 0 fully saturated rings. The first kappa shape index (κ1) is 31.3. The number of aromatic nitrogens is 1. The second kappa shape index (κ2) is 12.4. The lowest BCUT2D eigenvalue weighted by Gasteiger charge is -2.34. The van der Waals surface area contributed by atoms with Crippen molar-refractivity contribution in [3.05, 3.63) is 82.3 Å². The van der Waals surface area contributed by atoms with Gasteiger partial charge in [0.05, 0.1) is 17.2 Å². The Labute approximate surface area is 261 Å². The van der Waals surface area contributed by atoms with Crippen molar-refractivity contribution in [2.45, 2.75) is 72.4 Å². The number of carbonyl (C=O) groups excluding carboxylic acids is 3. The van der Waals surface area contributed by atoms with Crippen LogP contribution in [0.1, 0.15) is 91.1 Å². The highest BCUT2D eigenvalue weighted by molar-refractivity contribution is 7.20. The largest absolute Gasteiger partial charge is 0.459 e. The van der Waals surface area contributed by atoms with Crippen LogP contribution in [-0.2, 0) is 17.6 Å². The fourth-order valence-electron chi connectivity index (χ4n) is 5.35. The van der Waals surface area contributed by atoms with Gasteiger partial charge in [-0.05, 0) is 98.9 Å². The van der Waals surface area contributed by atoms with Crippen LogP contribution < -0.4 is 16.0 Å². The standard InChI is InChI=1S/C34H40N4O5S/c1-33(2,3)23-11-14-25-21(17-23)16-22-18-28(44-31(22)38-25)30(40)37-26(19-35-32(41)43-34(4,5)6)20-9-12-24(13-10-20)36-29(39)27-8-7-15-42-27/h7-10,12-13,15-16,18,23,26H,11,14,17,19H2,1-6H3,(H,35,41)(H,36,39)(H,37,40)/t23-,26-/m1/s1. The molecule has 0 saturated heterocycles. The van der Waals surface area contributed by atoms with Gasteiger partial charge in [-0.25, -0.2) is 9.78 Å². The predicted octanol–water partition coefficient (Wildman–Crippen LogP) is 7.29. The minimum Gasteiger partial charge on any atom is -0.459 e. The molecule has 1 aliphatic rings. The second-order valence-corrected chi connectivity index (χ2v) is 14.4. The molecule has 5 rings (SSSR count). The fourth-order valence-corrected chi connectivity index (χ4v) is 6.29. The van der Waals surface area contributed by atoms with Gasteiger partial charge in [-0.15, -0.1) is 11.3 Å². The molecule has 0 spiro atoms. The Hall–Kier alpha value is -4.18. The van der Waals surface area contributed by atoms with E-state index in [1.165, 1.54) is 23.2 Å². The zero-order valence-electron chi connectivity index (χ0n) is 26.1. The Morgan fingerprint density at radius 1 is 1.05 bits per heavy atom. The number of hydrogen-bond acceptors (Lipinski definition) is 7. The van der Waals surface area contributed by atoms with Crippen LogP contribution in [0.5, 0.6) is 0 Å². The van der Waals surface area contributed by atoms with Crippen molar-refractivity contribution < 1.29 is 23.5 Å². The molecule has 0 aliphatic heterocycles. The van der Waals surface area contributed by atoms with Crippen LogP contribution in [0.4, 0.5) is 10.5 Å². The van der Waals surface area contributed by atoms with Crippen molar-refractivity contribution in [1.82, 2.24) is 15.6 Å². The number of fused-ring (bicyclic) bond motifs is 2. The summed E-state index contributed by atoms with van der Waals surface area (Å²) in [5, 5.41) is 9.60. The molecule has 2 atom stereocenters. The summed E-state index contributed by atoms with van der Waals surface area (Å²) < 4.78 is 10.6. The zero-order chi connectivity index (χ0) is 31.6. The third-order valence-corrected chi connectivity index (χ3v) is 8.84. The zero-order valence-corrected chi connectivity index (χ0v) is 26.9. The molecule has 0 unspecified atom stereocenters. The third kappa shape index (κ3) is 7.66. The molecule has 3 aromatic heterocycles. The maximum atomic E-state index is 13.6. The maximum Gasteiger partial charge on any atom is 0.407 e. The number of rotatable bonds is 7. The van der Waals surface area contributed by atoms with E-state index >= 15 is 0 Å². The molecule has 0 bridgehead atoms. The fraction of sp³-hybridized carbons (Fsp3) is 0.412. The van der Waals surface area contributed by atoms with E-state index in [2.05, 4.69) is 42.8 Å². The molecule has 1 aromatic carbocycles. The average Bonchev–Trinajstić information content (AvgIpc) is 3.63. The number of carbonyl (C=O) groups is 3. The van der Waals surface area contributed by atoms with Gasteiger partial charge in [0.15, 0.2) is 5.76 Å². The number of thiophene rings is 1. The van der Waals surface area contributed by atoms with Crippen molar-refractivity contribution in [1.29, 1.82) is 0 Å². The first-order chi connectivity index (χ1) is 20.7. The number of furan rings is 1. The predicted molar refractivity (Wildman–Crippen MR) is 172 cm³/mol. The molecule has 10 heteroatoms. The first-order valence-corrected chi connectivity index (χ1v) is 15.7. The van der Waals surface area contributed by atoms with Crippen LogP contribution in [0.3, 0.4) is 0 Å². The Kier molecular flexibility index (Phi) is 8.83. The highest BCUT2D eigenvalue weighted by Crippen LogP contribution is 2.38. The van der Waals surface area contributed by atoms with Crippen LogP contribution in [0, 0.1) is 11.3 Å². The number of aryl methyl sites for hydroxylation is 1. The molecule has 4 aromatic rings. The normalized spacial score (nSPS) is 15.7. The van der Waals surface area contributed by atoms with E-state index in [1.54, 1.807) is 57.2 Å². The lowest BCUT2D eigenvalue weighted by atomic mass is 9.71. The van der Waals surface area contributed by atoms with Gasteiger partial charge < -0.3 is 25.1 Å². The van der Waals surface area contributed by atoms with Gasteiger partial charge in [0.2, 0.25) is 0 Å². The van der Waals surface area contributed by atoms with E-state index in [0.717, 1.165) is 40.7 Å². The van der Waals surface area contributed by atoms with E-state index in [9.17, 15) is 14.4 Å². The number of anilines is 1. The topological polar surface area (TPSA) is 123 Å². The van der Waals surface area contributed by atoms with Crippen molar-refractivity contribution in [3.63, 3.8) is 0 Å². The molecule has 0 saturated carbocycles. The molecular formula is C34H40N4O5S. The molecule has 9 nitrogen and oxygen atoms in total. The molecule has 3 heterocycles. The van der Waals surface area contributed by atoms with Gasteiger partial charge in [0, 0.05) is 23.3 Å². The van der Waals surface area contributed by atoms with E-state index in [0.29, 0.717) is 16.5 Å². The Morgan fingerprint density at radius 2 is 1.80 bits per heavy atom. The van der Waals surface area contributed by atoms with Crippen LogP contribution >= 0.6 is 11.3 Å². The number of benzene rings is 1. The molecular weight excluding hydrogens is 576 g/mol. The Morgan fingerprint density at radius 3 is 2.45 bits per heavy atom. The summed E-state index contributed by atoms with van der Waals surface area (Å²) >= 11 is 1.37. The molecule has 3 amide bonds. The lowest BCUT2D eigenvalue weighted by Crippen LogP contribution is -2.40. The number of alkyl carbamates (subject to hydrolysis) is 1. The van der Waals surface area contributed by atoms with E-state index in [-0.39, 0.29) is 29.5 Å². The maximum absolute atomic E-state index is 13.6. The molecule has 44 heavy (non-hydrogen) atoms. The summed E-state index contributed by atoms with van der Waals surface area (Å²) in [6, 6.07) is 13.8. The van der Waals surface area contributed by atoms with Crippen LogP contribution in [0.15, 0.2) is 59.2 Å². The second-order valence-electron chi connectivity index (χ2n) is 13.4. The number of amides is 3. The van der Waals surface area contributed by atoms with Crippen molar-refractivity contribution in [2.24, 2.45) is 11.3 Å². The molecule has 1 aliphatic carbocycles. The number of pyridine rings is 1. The van der Waals surface area contributed by atoms with Crippen LogP contribution in [0.25, 0.3) is 10.2 Å². The van der Waals surface area contributed by atoms with E-state index in [4.69, 9.17) is 14.1 Å². The highest BCUT2D eigenvalue weighted by atomic mass is 32.1. The summed E-state index contributed by atoms with van der Waals surface area (Å²) in [6.45, 7) is 12.3. The van der Waals surface area contributed by atoms with Gasteiger partial charge in [0.1, 0.15) is 10.4 Å². The monoisotopic (exact) mass is 616 g/mol. The van der Waals surface area contributed by atoms with Crippen molar-refractivity contribution >= 4 is 45.1 Å². The summed E-state index contributed by atoms with van der Waals surface area (Å²) in [5.41, 5.74) is 3.28. The van der Waals surface area contributed by atoms with Gasteiger partial charge >= 0.3 is 6.09 Å². The molecule has 0 radical (unpaired) electrons. The van der Waals surface area contributed by atoms with Gasteiger partial charge in [-0.2, -0.15) is 0 Å². The minimum absolute atomic E-state index is 0.102. The molecule has 232 valence electrons. The first-order valence-electron chi connectivity index (χ1n) is 14.9. The quantitative estimate of drug-likeness (QED) is 0.200. The lowest BCUT2D eigenvalue weighted by molar-refractivity contribution is 0.0519. The summed E-state index contributed by atoms with van der Waals surface area (Å²) in [7, 11) is 0. The summed E-state index contributed by atoms with van der Waals surface area (Å²) in [4.78, 5) is 44.8. The average molecular weight is 617 g/mol. The number of nitrogens with zero attached hydrogens (tertiary/aromatic N) is 1. The van der Waals surface area contributed by atoms with Crippen LogP contribution in [0.2, 0.25) is 0 Å². The Bertz CT molecular complexity index is 1650. The molecule has 3 N–H and O–H groups in total. The minimum atomic E-state index is -0.660. The summed E-state index contributed by atoms with van der Waals surface area (Å²) in [5.74, 6) is 0.171. The van der Waals surface area contributed by atoms with Gasteiger partial charge in [0.25, 0.3) is 11.8 Å². The number of nitrogens with one attached hydrogen (secondary N) is 3. The van der Waals surface area contributed by atoms with Gasteiger partial charge in [-0.3, -0.25) is 9.59 Å². The van der Waals surface area contributed by atoms with Crippen molar-refractivity contribution in [2.75, 3.05) is 11.9 Å².